The zero-order valence-electron chi connectivity index (χ0n) is 14.8. The fourth-order valence-electron chi connectivity index (χ4n) is 4.04. The van der Waals surface area contributed by atoms with Crippen molar-refractivity contribution in [3.8, 4) is 0 Å². The van der Waals surface area contributed by atoms with Crippen LogP contribution in [0.4, 0.5) is 0 Å². The van der Waals surface area contributed by atoms with Crippen LogP contribution in [0.2, 0.25) is 10.0 Å². The molecule has 1 aromatic heterocycles. The Kier molecular flexibility index (Phi) is 5.30. The molecule has 28 heavy (non-hydrogen) atoms. The van der Waals surface area contributed by atoms with Crippen molar-refractivity contribution in [3.63, 3.8) is 0 Å². The van der Waals surface area contributed by atoms with Gasteiger partial charge in [-0.25, -0.2) is 23.1 Å². The number of fused-ring (bicyclic) bond motifs is 4. The molecule has 0 saturated carbocycles. The van der Waals surface area contributed by atoms with Gasteiger partial charge in [0.15, 0.2) is 0 Å². The molecule has 1 fully saturated rings. The van der Waals surface area contributed by atoms with E-state index in [1.54, 1.807) is 12.3 Å². The van der Waals surface area contributed by atoms with Crippen LogP contribution >= 0.6 is 23.2 Å². The number of carbonyl (C=O) groups is 1. The Morgan fingerprint density at radius 1 is 1.25 bits per heavy atom. The van der Waals surface area contributed by atoms with Gasteiger partial charge in [-0.15, -0.1) is 0 Å². The van der Waals surface area contributed by atoms with Gasteiger partial charge in [-0.2, -0.15) is 0 Å². The molecule has 0 aliphatic carbocycles. The van der Waals surface area contributed by atoms with Crippen LogP contribution in [-0.2, 0) is 21.2 Å². The van der Waals surface area contributed by atoms with Gasteiger partial charge in [0.25, 0.3) is 0 Å². The van der Waals surface area contributed by atoms with Crippen LogP contribution in [-0.4, -0.2) is 41.8 Å². The highest BCUT2D eigenvalue weighted by Crippen LogP contribution is 2.42. The number of hydrogen-bond donors (Lipinski definition) is 1. The molecule has 2 unspecified atom stereocenters. The lowest BCUT2D eigenvalue weighted by atomic mass is 9.99. The molecule has 4 rings (SSSR count). The second kappa shape index (κ2) is 7.59. The number of nitrogens with zero attached hydrogens (tertiary/aromatic N) is 3. The molecule has 2 aliphatic rings. The Bertz CT molecular complexity index is 1010. The summed E-state index contributed by atoms with van der Waals surface area (Å²) in [7, 11) is -3.91. The van der Waals surface area contributed by atoms with Crippen molar-refractivity contribution >= 4 is 39.1 Å². The van der Waals surface area contributed by atoms with Gasteiger partial charge in [-0.05, 0) is 25.0 Å². The molecular formula is C18H18Cl2N4O3S. The van der Waals surface area contributed by atoms with Gasteiger partial charge in [-0.3, -0.25) is 4.79 Å². The minimum Gasteiger partial charge on any atom is -0.332 e. The van der Waals surface area contributed by atoms with Gasteiger partial charge < -0.3 is 4.90 Å². The number of aromatic nitrogens is 2. The molecule has 1 N–H and O–H groups in total. The molecule has 2 aliphatic heterocycles. The molecule has 1 amide bonds. The maximum atomic E-state index is 12.8. The van der Waals surface area contributed by atoms with E-state index in [1.807, 2.05) is 4.90 Å². The average Bonchev–Trinajstić information content (AvgIpc) is 2.96. The Balaban J connectivity index is 1.43. The first-order chi connectivity index (χ1) is 13.4. The predicted octanol–water partition coefficient (Wildman–Crippen LogP) is 2.74. The summed E-state index contributed by atoms with van der Waals surface area (Å²) in [5, 5.41) is 0.0778. The molecular weight excluding hydrogens is 423 g/mol. The maximum absolute atomic E-state index is 12.8. The molecule has 0 spiro atoms. The Morgan fingerprint density at radius 3 is 2.75 bits per heavy atom. The third-order valence-corrected chi connectivity index (χ3v) is 7.64. The van der Waals surface area contributed by atoms with Crippen molar-refractivity contribution < 1.29 is 13.2 Å². The lowest BCUT2D eigenvalue weighted by Gasteiger charge is -2.35. The van der Waals surface area contributed by atoms with Crippen molar-refractivity contribution in [1.29, 1.82) is 0 Å². The van der Waals surface area contributed by atoms with Crippen LogP contribution in [0.3, 0.4) is 0 Å². The largest absolute Gasteiger partial charge is 0.332 e. The van der Waals surface area contributed by atoms with E-state index < -0.39 is 10.0 Å². The van der Waals surface area contributed by atoms with Crippen molar-refractivity contribution in [2.75, 3.05) is 6.54 Å². The maximum Gasteiger partial charge on any atom is 0.243 e. The number of nitrogens with one attached hydrogen (secondary N) is 1. The quantitative estimate of drug-likeness (QED) is 0.771. The average molecular weight is 441 g/mol. The molecule has 2 atom stereocenters. The molecule has 0 radical (unpaired) electrons. The highest BCUT2D eigenvalue weighted by molar-refractivity contribution is 7.89. The second-order valence-corrected chi connectivity index (χ2v) is 9.39. The molecule has 3 heterocycles. The van der Waals surface area contributed by atoms with Gasteiger partial charge >= 0.3 is 0 Å². The predicted molar refractivity (Wildman–Crippen MR) is 105 cm³/mol. The SMILES string of the molecule is O=C(CCNS(=O)(=O)c1c(Cl)cccc1Cl)N1C2CCC1c1cncnc1C2. The summed E-state index contributed by atoms with van der Waals surface area (Å²) in [6.07, 6.45) is 5.85. The Hall–Kier alpha value is -1.74. The van der Waals surface area contributed by atoms with Gasteiger partial charge in [0.05, 0.1) is 21.8 Å². The third-order valence-electron chi connectivity index (χ3n) is 5.22. The van der Waals surface area contributed by atoms with Gasteiger partial charge in [-0.1, -0.05) is 29.3 Å². The van der Waals surface area contributed by atoms with E-state index in [2.05, 4.69) is 14.7 Å². The van der Waals surface area contributed by atoms with E-state index in [-0.39, 0.29) is 45.9 Å². The first-order valence-electron chi connectivity index (χ1n) is 8.92. The molecule has 10 heteroatoms. The zero-order chi connectivity index (χ0) is 19.9. The summed E-state index contributed by atoms with van der Waals surface area (Å²) in [5.74, 6) is -0.0880. The number of benzene rings is 1. The van der Waals surface area contributed by atoms with Crippen molar-refractivity contribution in [1.82, 2.24) is 19.6 Å². The third kappa shape index (κ3) is 3.50. The molecule has 1 saturated heterocycles. The monoisotopic (exact) mass is 440 g/mol. The van der Waals surface area contributed by atoms with Crippen LogP contribution < -0.4 is 4.72 Å². The number of sulfonamides is 1. The molecule has 2 aromatic rings. The van der Waals surface area contributed by atoms with E-state index in [0.717, 1.165) is 24.1 Å². The molecule has 148 valence electrons. The Labute approximate surface area is 173 Å². The zero-order valence-corrected chi connectivity index (χ0v) is 17.1. The summed E-state index contributed by atoms with van der Waals surface area (Å²) < 4.78 is 27.5. The molecule has 1 aromatic carbocycles. The van der Waals surface area contributed by atoms with Crippen LogP contribution in [0.25, 0.3) is 0 Å². The number of hydrogen-bond acceptors (Lipinski definition) is 5. The normalized spacial score (nSPS) is 20.9. The minimum absolute atomic E-state index is 0.0305. The summed E-state index contributed by atoms with van der Waals surface area (Å²) in [6.45, 7) is -0.0309. The first-order valence-corrected chi connectivity index (χ1v) is 11.2. The first kappa shape index (κ1) is 19.6. The van der Waals surface area contributed by atoms with Gasteiger partial charge in [0.1, 0.15) is 11.2 Å². The number of halogens is 2. The van der Waals surface area contributed by atoms with E-state index in [1.165, 1.54) is 18.5 Å². The smallest absolute Gasteiger partial charge is 0.243 e. The van der Waals surface area contributed by atoms with Crippen LogP contribution in [0.15, 0.2) is 35.6 Å². The topological polar surface area (TPSA) is 92.3 Å². The highest BCUT2D eigenvalue weighted by Gasteiger charge is 2.42. The van der Waals surface area contributed by atoms with E-state index in [0.29, 0.717) is 6.42 Å². The summed E-state index contributed by atoms with van der Waals surface area (Å²) in [4.78, 5) is 22.9. The standard InChI is InChI=1S/C18H18Cl2N4O3S/c19-13-2-1-3-14(20)18(13)28(26,27)23-7-6-17(25)24-11-4-5-16(24)12-9-21-10-22-15(12)8-11/h1-3,9-11,16,23H,4-8H2. The highest BCUT2D eigenvalue weighted by atomic mass is 35.5. The van der Waals surface area contributed by atoms with Crippen molar-refractivity contribution in [2.45, 2.75) is 42.7 Å². The molecule has 7 nitrogen and oxygen atoms in total. The lowest BCUT2D eigenvalue weighted by Crippen LogP contribution is -2.43. The van der Waals surface area contributed by atoms with E-state index in [9.17, 15) is 13.2 Å². The van der Waals surface area contributed by atoms with Crippen LogP contribution in [0, 0.1) is 0 Å². The van der Waals surface area contributed by atoms with Crippen molar-refractivity contribution in [3.05, 3.63) is 52.0 Å². The van der Waals surface area contributed by atoms with E-state index in [4.69, 9.17) is 23.2 Å². The summed E-state index contributed by atoms with van der Waals surface area (Å²) >= 11 is 12.0. The minimum atomic E-state index is -3.91. The molecule has 2 bridgehead atoms. The van der Waals surface area contributed by atoms with E-state index >= 15 is 0 Å². The van der Waals surface area contributed by atoms with Gasteiger partial charge in [0.2, 0.25) is 15.9 Å². The van der Waals surface area contributed by atoms with Crippen LogP contribution in [0.1, 0.15) is 36.6 Å². The lowest BCUT2D eigenvalue weighted by molar-refractivity contribution is -0.134. The number of rotatable bonds is 5. The Morgan fingerprint density at radius 2 is 2.00 bits per heavy atom. The summed E-state index contributed by atoms with van der Waals surface area (Å²) in [6, 6.07) is 4.56. The number of amides is 1. The summed E-state index contributed by atoms with van der Waals surface area (Å²) in [5.41, 5.74) is 1.99. The van der Waals surface area contributed by atoms with Crippen LogP contribution in [0.5, 0.6) is 0 Å². The second-order valence-electron chi connectivity index (χ2n) is 6.88. The van der Waals surface area contributed by atoms with Crippen molar-refractivity contribution in [2.24, 2.45) is 0 Å². The fourth-order valence-corrected chi connectivity index (χ4v) is 6.21. The fraction of sp³-hybridized carbons (Fsp3) is 0.389. The number of carbonyl (C=O) groups excluding carboxylic acids is 1. The van der Waals surface area contributed by atoms with Gasteiger partial charge in [0, 0.05) is 37.2 Å².